The molecule has 0 aromatic heterocycles. The number of fused-ring (bicyclic) bond motifs is 5. The van der Waals surface area contributed by atoms with Gasteiger partial charge in [0.2, 0.25) is 0 Å². The van der Waals surface area contributed by atoms with Crippen LogP contribution in [0.2, 0.25) is 0 Å². The van der Waals surface area contributed by atoms with E-state index in [0.29, 0.717) is 12.8 Å². The average Bonchev–Trinajstić information content (AvgIpc) is 3.17. The number of allylic oxidation sites excluding steroid dienone is 3. The zero-order valence-corrected chi connectivity index (χ0v) is 23.1. The molecule has 0 bridgehead atoms. The Labute approximate surface area is 232 Å². The molecular weight excluding hydrogens is 524 g/mol. The summed E-state index contributed by atoms with van der Waals surface area (Å²) < 4.78 is 16.9. The number of carboxylic acid groups (broad SMARTS) is 1. The van der Waals surface area contributed by atoms with Crippen LogP contribution in [0.25, 0.3) is 0 Å². The lowest BCUT2D eigenvalue weighted by atomic mass is 9.51. The lowest BCUT2D eigenvalue weighted by Gasteiger charge is -2.55. The molecule has 5 aliphatic rings. The molecule has 0 aromatic rings. The van der Waals surface area contributed by atoms with E-state index < -0.39 is 59.8 Å². The lowest BCUT2D eigenvalue weighted by Crippen LogP contribution is -2.61. The number of aliphatic hydroxyl groups is 3. The Bertz CT molecular complexity index is 1170. The number of ketones is 2. The Hall–Kier alpha value is -2.44. The number of carbonyl (C=O) groups is 4. The minimum Gasteiger partial charge on any atom is -0.479 e. The van der Waals surface area contributed by atoms with Crippen LogP contribution in [0.1, 0.15) is 59.8 Å². The molecule has 1 saturated heterocycles. The first-order valence-corrected chi connectivity index (χ1v) is 13.9. The van der Waals surface area contributed by atoms with Gasteiger partial charge < -0.3 is 34.6 Å². The molecule has 0 amide bonds. The van der Waals surface area contributed by atoms with E-state index in [0.717, 1.165) is 24.0 Å². The SMILES string of the molecule is CC(=O)O[C@]1(C(C)=O)CC[C@H]2[C@@H]3C=C(C)C4=CC(=O)[C@H](O[C@@H]5O[C@H](C(=O)O)[C@@H](O)[C@H](O)[C@H]5O)C[C@@H]4[C@H]3CC[C@@]21C. The van der Waals surface area contributed by atoms with Gasteiger partial charge in [0.05, 0.1) is 0 Å². The fraction of sp³-hybridized carbons (Fsp3) is 0.724. The highest BCUT2D eigenvalue weighted by atomic mass is 16.7. The average molecular weight is 563 g/mol. The predicted octanol–water partition coefficient (Wildman–Crippen LogP) is 1.07. The Kier molecular flexibility index (Phi) is 7.36. The summed E-state index contributed by atoms with van der Waals surface area (Å²) in [6.07, 6.45) is -3.35. The highest BCUT2D eigenvalue weighted by molar-refractivity contribution is 5.96. The maximum Gasteiger partial charge on any atom is 0.335 e. The smallest absolute Gasteiger partial charge is 0.335 e. The highest BCUT2D eigenvalue weighted by Crippen LogP contribution is 2.65. The van der Waals surface area contributed by atoms with Gasteiger partial charge in [-0.05, 0) is 81.3 Å². The second-order valence-electron chi connectivity index (χ2n) is 12.4. The van der Waals surface area contributed by atoms with Crippen LogP contribution in [0.4, 0.5) is 0 Å². The summed E-state index contributed by atoms with van der Waals surface area (Å²) in [5.41, 5.74) is 0.177. The second kappa shape index (κ2) is 10.1. The number of aliphatic hydroxyl groups excluding tert-OH is 3. The zero-order chi connectivity index (χ0) is 29.3. The van der Waals surface area contributed by atoms with Crippen LogP contribution in [-0.2, 0) is 33.4 Å². The van der Waals surface area contributed by atoms with E-state index in [2.05, 4.69) is 13.0 Å². The van der Waals surface area contributed by atoms with Gasteiger partial charge in [-0.15, -0.1) is 0 Å². The fourth-order valence-electron chi connectivity index (χ4n) is 8.47. The zero-order valence-electron chi connectivity index (χ0n) is 23.1. The first kappa shape index (κ1) is 29.1. The number of hydrogen-bond donors (Lipinski definition) is 4. The van der Waals surface area contributed by atoms with Crippen molar-refractivity contribution in [2.24, 2.45) is 29.1 Å². The summed E-state index contributed by atoms with van der Waals surface area (Å²) in [4.78, 5) is 49.6. The minimum atomic E-state index is -1.86. The van der Waals surface area contributed by atoms with Crippen molar-refractivity contribution in [1.29, 1.82) is 0 Å². The Morgan fingerprint density at radius 2 is 1.75 bits per heavy atom. The topological polar surface area (TPSA) is 177 Å². The second-order valence-corrected chi connectivity index (χ2v) is 12.4. The van der Waals surface area contributed by atoms with E-state index in [1.54, 1.807) is 0 Å². The summed E-state index contributed by atoms with van der Waals surface area (Å²) in [7, 11) is 0. The van der Waals surface area contributed by atoms with Gasteiger partial charge in [-0.2, -0.15) is 0 Å². The van der Waals surface area contributed by atoms with Crippen molar-refractivity contribution in [3.8, 4) is 0 Å². The molecule has 1 aliphatic heterocycles. The van der Waals surface area contributed by atoms with Gasteiger partial charge in [0, 0.05) is 12.3 Å². The van der Waals surface area contributed by atoms with Gasteiger partial charge in [-0.1, -0.05) is 18.6 Å². The highest BCUT2D eigenvalue weighted by Gasteiger charge is 2.66. The summed E-state index contributed by atoms with van der Waals surface area (Å²) in [6, 6.07) is 0. The van der Waals surface area contributed by atoms with Crippen molar-refractivity contribution < 1.29 is 53.8 Å². The number of Topliss-reactive ketones (excluding diaryl/α,β-unsaturated/α-hetero) is 1. The van der Waals surface area contributed by atoms with Crippen molar-refractivity contribution in [2.45, 2.75) is 102 Å². The molecule has 11 heteroatoms. The summed E-state index contributed by atoms with van der Waals surface area (Å²) in [5.74, 6) is -2.28. The van der Waals surface area contributed by atoms with Crippen LogP contribution in [0, 0.1) is 29.1 Å². The molecule has 5 rings (SSSR count). The number of esters is 1. The first-order valence-electron chi connectivity index (χ1n) is 13.9. The van der Waals surface area contributed by atoms with E-state index in [9.17, 15) is 39.6 Å². The van der Waals surface area contributed by atoms with Gasteiger partial charge in [0.1, 0.15) is 24.4 Å². The monoisotopic (exact) mass is 562 g/mol. The molecule has 4 aliphatic carbocycles. The molecule has 11 nitrogen and oxygen atoms in total. The molecule has 0 radical (unpaired) electrons. The largest absolute Gasteiger partial charge is 0.479 e. The molecule has 0 spiro atoms. The van der Waals surface area contributed by atoms with Gasteiger partial charge in [-0.3, -0.25) is 14.4 Å². The number of ether oxygens (including phenoxy) is 3. The minimum absolute atomic E-state index is 0.0742. The summed E-state index contributed by atoms with van der Waals surface area (Å²) >= 11 is 0. The third kappa shape index (κ3) is 4.28. The van der Waals surface area contributed by atoms with Gasteiger partial charge in [0.15, 0.2) is 29.6 Å². The third-order valence-corrected chi connectivity index (χ3v) is 10.4. The molecular formula is C29H38O11. The molecule has 2 saturated carbocycles. The van der Waals surface area contributed by atoms with Crippen molar-refractivity contribution in [2.75, 3.05) is 0 Å². The summed E-state index contributed by atoms with van der Waals surface area (Å²) in [6.45, 7) is 6.83. The fourth-order valence-corrected chi connectivity index (χ4v) is 8.47. The Morgan fingerprint density at radius 3 is 2.38 bits per heavy atom. The molecule has 12 atom stereocenters. The standard InChI is InChI=1S/C29H38O11/c1-12-9-18-15(5-7-28(4)19(18)6-8-29(28,13(2)30)40-14(3)31)17-11-21(20(32)10-16(12)17)38-27-24(35)22(33)23(34)25(39-27)26(36)37/h9-10,15,17-19,21-25,27,33-35H,5-8,11H2,1-4H3,(H,36,37)/t15-,17-,18-,19+,21-,22+,23+,24-,25+,27-,28+,29+/m1/s1. The predicted molar refractivity (Wildman–Crippen MR) is 136 cm³/mol. The maximum atomic E-state index is 13.1. The van der Waals surface area contributed by atoms with Gasteiger partial charge in [0.25, 0.3) is 0 Å². The summed E-state index contributed by atoms with van der Waals surface area (Å²) in [5, 5.41) is 39.9. The van der Waals surface area contributed by atoms with Crippen LogP contribution in [-0.4, -0.2) is 86.3 Å². The molecule has 1 heterocycles. The Balaban J connectivity index is 1.41. The quantitative estimate of drug-likeness (QED) is 0.353. The molecule has 40 heavy (non-hydrogen) atoms. The maximum absolute atomic E-state index is 13.1. The molecule has 0 aromatic carbocycles. The number of hydrogen-bond acceptors (Lipinski definition) is 10. The van der Waals surface area contributed by atoms with Gasteiger partial charge in [-0.25, -0.2) is 4.79 Å². The van der Waals surface area contributed by atoms with Crippen molar-refractivity contribution in [3.05, 3.63) is 23.3 Å². The van der Waals surface area contributed by atoms with Crippen molar-refractivity contribution >= 4 is 23.5 Å². The lowest BCUT2D eigenvalue weighted by molar-refractivity contribution is -0.302. The number of rotatable bonds is 5. The first-order chi connectivity index (χ1) is 18.7. The Morgan fingerprint density at radius 1 is 1.05 bits per heavy atom. The van der Waals surface area contributed by atoms with E-state index in [1.807, 2.05) is 6.92 Å². The number of carboxylic acids is 1. The van der Waals surface area contributed by atoms with E-state index >= 15 is 0 Å². The molecule has 3 fully saturated rings. The van der Waals surface area contributed by atoms with E-state index in [-0.39, 0.29) is 41.7 Å². The van der Waals surface area contributed by atoms with Gasteiger partial charge >= 0.3 is 11.9 Å². The van der Waals surface area contributed by atoms with E-state index in [4.69, 9.17) is 14.2 Å². The third-order valence-electron chi connectivity index (χ3n) is 10.4. The van der Waals surface area contributed by atoms with Crippen molar-refractivity contribution in [1.82, 2.24) is 0 Å². The molecule has 220 valence electrons. The number of aliphatic carboxylic acids is 1. The molecule has 4 N–H and O–H groups in total. The van der Waals surface area contributed by atoms with Crippen LogP contribution in [0.5, 0.6) is 0 Å². The molecule has 0 unspecified atom stereocenters. The number of carbonyl (C=O) groups excluding carboxylic acids is 3. The van der Waals surface area contributed by atoms with Crippen LogP contribution < -0.4 is 0 Å². The van der Waals surface area contributed by atoms with Crippen molar-refractivity contribution in [3.63, 3.8) is 0 Å². The van der Waals surface area contributed by atoms with Crippen LogP contribution in [0.3, 0.4) is 0 Å². The van der Waals surface area contributed by atoms with E-state index in [1.165, 1.54) is 19.9 Å². The van der Waals surface area contributed by atoms with Crippen LogP contribution >= 0.6 is 0 Å². The van der Waals surface area contributed by atoms with Crippen LogP contribution in [0.15, 0.2) is 23.3 Å². The normalized spacial score (nSPS) is 46.3.